The minimum absolute atomic E-state index is 0.0202. The number of hydrogen-bond acceptors (Lipinski definition) is 5. The zero-order chi connectivity index (χ0) is 20.4. The molecule has 1 saturated carbocycles. The first-order chi connectivity index (χ1) is 14.0. The molecule has 1 amide bonds. The maximum atomic E-state index is 13.0. The van der Waals surface area contributed by atoms with Gasteiger partial charge in [-0.05, 0) is 73.5 Å². The van der Waals surface area contributed by atoms with Crippen LogP contribution in [0.2, 0.25) is 0 Å². The fourth-order valence-electron chi connectivity index (χ4n) is 2.68. The highest BCUT2D eigenvalue weighted by atomic mass is 32.1. The molecule has 0 aliphatic heterocycles. The molecule has 0 unspecified atom stereocenters. The van der Waals surface area contributed by atoms with E-state index in [9.17, 15) is 18.8 Å². The summed E-state index contributed by atoms with van der Waals surface area (Å²) in [6.45, 7) is 0. The summed E-state index contributed by atoms with van der Waals surface area (Å²) in [5.74, 6) is -0.844. The molecule has 4 rings (SSSR count). The van der Waals surface area contributed by atoms with Crippen molar-refractivity contribution in [2.45, 2.75) is 12.8 Å². The van der Waals surface area contributed by atoms with E-state index in [-0.39, 0.29) is 17.6 Å². The predicted octanol–water partition coefficient (Wildman–Crippen LogP) is 4.69. The summed E-state index contributed by atoms with van der Waals surface area (Å²) < 4.78 is 18.3. The molecule has 1 aliphatic rings. The van der Waals surface area contributed by atoms with Crippen molar-refractivity contribution in [1.82, 2.24) is 0 Å². The Morgan fingerprint density at radius 1 is 0.897 bits per heavy atom. The van der Waals surface area contributed by atoms with E-state index < -0.39 is 11.8 Å². The van der Waals surface area contributed by atoms with Gasteiger partial charge in [-0.3, -0.25) is 9.59 Å². The number of nitrogens with one attached hydrogen (secondary N) is 1. The molecule has 1 N–H and O–H groups in total. The van der Waals surface area contributed by atoms with Crippen LogP contribution >= 0.6 is 11.3 Å². The van der Waals surface area contributed by atoms with Crippen LogP contribution < -0.4 is 10.1 Å². The first kappa shape index (κ1) is 19.0. The summed E-state index contributed by atoms with van der Waals surface area (Å²) in [6.07, 6.45) is 1.82. The van der Waals surface area contributed by atoms with Crippen molar-refractivity contribution >= 4 is 34.0 Å². The van der Waals surface area contributed by atoms with Crippen molar-refractivity contribution in [3.05, 3.63) is 82.5 Å². The summed E-state index contributed by atoms with van der Waals surface area (Å²) in [7, 11) is 0. The van der Waals surface area contributed by atoms with Crippen molar-refractivity contribution in [1.29, 1.82) is 0 Å². The fraction of sp³-hybridized carbons (Fsp3) is 0.136. The van der Waals surface area contributed by atoms with Crippen molar-refractivity contribution in [2.75, 3.05) is 5.32 Å². The van der Waals surface area contributed by atoms with Gasteiger partial charge in [-0.25, -0.2) is 9.18 Å². The maximum Gasteiger partial charge on any atom is 0.353 e. The van der Waals surface area contributed by atoms with Gasteiger partial charge in [0.2, 0.25) is 5.91 Å². The van der Waals surface area contributed by atoms with Gasteiger partial charge in [0.05, 0.1) is 5.00 Å². The van der Waals surface area contributed by atoms with E-state index in [2.05, 4.69) is 5.32 Å². The number of amides is 1. The Hall–Kier alpha value is -3.32. The molecule has 0 radical (unpaired) electrons. The van der Waals surface area contributed by atoms with Crippen molar-refractivity contribution in [3.63, 3.8) is 0 Å². The molecule has 1 fully saturated rings. The molecule has 29 heavy (non-hydrogen) atoms. The van der Waals surface area contributed by atoms with Crippen molar-refractivity contribution < 1.29 is 23.5 Å². The molecule has 1 heterocycles. The Balaban J connectivity index is 1.38. The number of benzene rings is 2. The van der Waals surface area contributed by atoms with Gasteiger partial charge in [0.15, 0.2) is 5.78 Å². The van der Waals surface area contributed by atoms with Crippen LogP contribution in [-0.2, 0) is 4.79 Å². The molecule has 1 aliphatic carbocycles. The summed E-state index contributed by atoms with van der Waals surface area (Å²) in [6, 6.07) is 14.7. The normalized spacial score (nSPS) is 13.0. The number of carbonyl (C=O) groups excluding carboxylic acids is 3. The summed E-state index contributed by atoms with van der Waals surface area (Å²) >= 11 is 1.15. The van der Waals surface area contributed by atoms with E-state index >= 15 is 0 Å². The zero-order valence-electron chi connectivity index (χ0n) is 15.2. The maximum absolute atomic E-state index is 13.0. The third kappa shape index (κ3) is 4.57. The van der Waals surface area contributed by atoms with E-state index in [1.165, 1.54) is 36.4 Å². The number of carbonyl (C=O) groups is 3. The highest BCUT2D eigenvalue weighted by Gasteiger charge is 2.30. The number of esters is 1. The Bertz CT molecular complexity index is 1070. The Morgan fingerprint density at radius 2 is 1.52 bits per heavy atom. The van der Waals surface area contributed by atoms with Gasteiger partial charge in [0, 0.05) is 17.0 Å². The smallest absolute Gasteiger partial charge is 0.353 e. The average Bonchev–Trinajstić information content (AvgIpc) is 3.48. The number of rotatable bonds is 6. The first-order valence-electron chi connectivity index (χ1n) is 9.03. The number of ether oxygens (including phenoxy) is 1. The highest BCUT2D eigenvalue weighted by Crippen LogP contribution is 2.32. The average molecular weight is 409 g/mol. The van der Waals surface area contributed by atoms with E-state index in [0.717, 1.165) is 24.2 Å². The van der Waals surface area contributed by atoms with Crippen molar-refractivity contribution in [3.8, 4) is 5.75 Å². The fourth-order valence-corrected chi connectivity index (χ4v) is 3.47. The minimum Gasteiger partial charge on any atom is -0.422 e. The number of anilines is 1. The van der Waals surface area contributed by atoms with Crippen LogP contribution in [0.1, 0.15) is 38.4 Å². The van der Waals surface area contributed by atoms with Gasteiger partial charge in [-0.1, -0.05) is 0 Å². The summed E-state index contributed by atoms with van der Waals surface area (Å²) in [5.41, 5.74) is 0.771. The Morgan fingerprint density at radius 3 is 2.14 bits per heavy atom. The molecule has 2 aromatic carbocycles. The van der Waals surface area contributed by atoms with E-state index in [1.807, 2.05) is 0 Å². The number of ketones is 1. The minimum atomic E-state index is -0.542. The molecule has 0 spiro atoms. The topological polar surface area (TPSA) is 72.5 Å². The summed E-state index contributed by atoms with van der Waals surface area (Å²) in [5, 5.41) is 3.40. The quantitative estimate of drug-likeness (QED) is 0.364. The molecule has 5 nitrogen and oxygen atoms in total. The Kier molecular flexibility index (Phi) is 5.22. The van der Waals surface area contributed by atoms with Gasteiger partial charge in [0.1, 0.15) is 16.4 Å². The van der Waals surface area contributed by atoms with Crippen LogP contribution in [-0.4, -0.2) is 17.7 Å². The van der Waals surface area contributed by atoms with Gasteiger partial charge < -0.3 is 10.1 Å². The molecular weight excluding hydrogens is 393 g/mol. The molecular formula is C22H16FNO4S. The SMILES string of the molecule is O=C(c1ccc(F)cc1)c1ccc(OC(=O)c2ccc(NC(=O)C3CC3)s2)cc1. The molecule has 0 bridgehead atoms. The second-order valence-corrected chi connectivity index (χ2v) is 7.76. The van der Waals surface area contributed by atoms with Crippen LogP contribution in [0.5, 0.6) is 5.75 Å². The van der Waals surface area contributed by atoms with Crippen molar-refractivity contribution in [2.24, 2.45) is 5.92 Å². The zero-order valence-corrected chi connectivity index (χ0v) is 16.0. The third-order valence-corrected chi connectivity index (χ3v) is 5.42. The number of hydrogen-bond donors (Lipinski definition) is 1. The first-order valence-corrected chi connectivity index (χ1v) is 9.84. The van der Waals surface area contributed by atoms with Gasteiger partial charge in [-0.15, -0.1) is 11.3 Å². The van der Waals surface area contributed by atoms with E-state index in [4.69, 9.17) is 4.74 Å². The summed E-state index contributed by atoms with van der Waals surface area (Å²) in [4.78, 5) is 36.8. The van der Waals surface area contributed by atoms with Gasteiger partial charge >= 0.3 is 5.97 Å². The van der Waals surface area contributed by atoms with Crippen LogP contribution in [0, 0.1) is 11.7 Å². The molecule has 0 atom stereocenters. The lowest BCUT2D eigenvalue weighted by molar-refractivity contribution is -0.117. The molecule has 3 aromatic rings. The van der Waals surface area contributed by atoms with E-state index in [1.54, 1.807) is 24.3 Å². The monoisotopic (exact) mass is 409 g/mol. The van der Waals surface area contributed by atoms with Crippen LogP contribution in [0.3, 0.4) is 0 Å². The number of thiophene rings is 1. The molecule has 0 saturated heterocycles. The third-order valence-electron chi connectivity index (χ3n) is 4.44. The molecule has 7 heteroatoms. The lowest BCUT2D eigenvalue weighted by Crippen LogP contribution is -2.12. The second kappa shape index (κ2) is 7.97. The lowest BCUT2D eigenvalue weighted by Gasteiger charge is -2.05. The van der Waals surface area contributed by atoms with Crippen LogP contribution in [0.15, 0.2) is 60.7 Å². The predicted molar refractivity (Wildman–Crippen MR) is 107 cm³/mol. The largest absolute Gasteiger partial charge is 0.422 e. The van der Waals surface area contributed by atoms with E-state index in [0.29, 0.717) is 26.8 Å². The Labute approximate surface area is 170 Å². The number of halogens is 1. The standard InChI is InChI=1S/C22H16FNO4S/c23-16-7-3-13(4-8-16)20(25)14-5-9-17(10-6-14)28-22(27)18-11-12-19(29-18)24-21(26)15-1-2-15/h3-12,15H,1-2H2,(H,24,26). The highest BCUT2D eigenvalue weighted by molar-refractivity contribution is 7.18. The van der Waals surface area contributed by atoms with Gasteiger partial charge in [-0.2, -0.15) is 0 Å². The van der Waals surface area contributed by atoms with Gasteiger partial charge in [0.25, 0.3) is 0 Å². The molecule has 1 aromatic heterocycles. The molecule has 146 valence electrons. The lowest BCUT2D eigenvalue weighted by atomic mass is 10.0. The second-order valence-electron chi connectivity index (χ2n) is 6.68. The van der Waals surface area contributed by atoms with Crippen LogP contribution in [0.25, 0.3) is 0 Å². The van der Waals surface area contributed by atoms with Crippen LogP contribution in [0.4, 0.5) is 9.39 Å².